The molecule has 1 aromatic heterocycles. The molecule has 2 fully saturated rings. The second-order valence-corrected chi connectivity index (χ2v) is 11.4. The van der Waals surface area contributed by atoms with Crippen LogP contribution in [0.4, 0.5) is 5.69 Å². The Morgan fingerprint density at radius 2 is 1.88 bits per heavy atom. The van der Waals surface area contributed by atoms with Gasteiger partial charge in [0.25, 0.3) is 11.8 Å². The van der Waals surface area contributed by atoms with Crippen molar-refractivity contribution in [1.82, 2.24) is 25.3 Å². The Bertz CT molecular complexity index is 1320. The summed E-state index contributed by atoms with van der Waals surface area (Å²) in [5.74, 6) is -0.826. The van der Waals surface area contributed by atoms with E-state index in [0.29, 0.717) is 17.3 Å². The van der Waals surface area contributed by atoms with E-state index in [1.807, 2.05) is 43.8 Å². The number of ether oxygens (including phenoxy) is 1. The summed E-state index contributed by atoms with van der Waals surface area (Å²) in [6.45, 7) is 13.1. The minimum Gasteiger partial charge on any atom is -0.379 e. The number of morpholine rings is 1. The van der Waals surface area contributed by atoms with Crippen LogP contribution in [0.2, 0.25) is 0 Å². The van der Waals surface area contributed by atoms with Crippen molar-refractivity contribution in [2.75, 3.05) is 64.4 Å². The first kappa shape index (κ1) is 29.2. The van der Waals surface area contributed by atoms with Crippen molar-refractivity contribution >= 4 is 23.2 Å². The molecule has 2 aromatic rings. The standard InChI is InChI=1S/C31H43N7O3/c1-21-15-22(2)35-31(40)28(21)19-33-30(39)27-16-24(17-29(23(27)3)36(4)26-5-7-32-8-6-26)25-18-34-38(20-25)10-9-37-11-13-41-14-12-37/h15-18,20,26,28,32H,5-14,19H2,1-4H3,(H,33,39). The number of amides is 2. The van der Waals surface area contributed by atoms with Gasteiger partial charge in [0.2, 0.25) is 0 Å². The van der Waals surface area contributed by atoms with Crippen molar-refractivity contribution in [3.8, 4) is 11.1 Å². The molecule has 0 spiro atoms. The average Bonchev–Trinajstić information content (AvgIpc) is 3.45. The summed E-state index contributed by atoms with van der Waals surface area (Å²) in [4.78, 5) is 35.0. The second-order valence-electron chi connectivity index (χ2n) is 11.4. The number of hydrogen-bond donors (Lipinski definition) is 2. The molecule has 4 heterocycles. The third kappa shape index (κ3) is 6.94. The molecule has 1 aromatic carbocycles. The highest BCUT2D eigenvalue weighted by Crippen LogP contribution is 2.33. The third-order valence-electron chi connectivity index (χ3n) is 8.61. The van der Waals surface area contributed by atoms with Crippen molar-refractivity contribution in [2.24, 2.45) is 10.9 Å². The van der Waals surface area contributed by atoms with E-state index in [4.69, 9.17) is 4.74 Å². The summed E-state index contributed by atoms with van der Waals surface area (Å²) < 4.78 is 7.44. The predicted molar refractivity (Wildman–Crippen MR) is 162 cm³/mol. The van der Waals surface area contributed by atoms with Gasteiger partial charge < -0.3 is 20.3 Å². The fourth-order valence-electron chi connectivity index (χ4n) is 6.01. The molecule has 41 heavy (non-hydrogen) atoms. The molecule has 0 saturated carbocycles. The summed E-state index contributed by atoms with van der Waals surface area (Å²) in [6, 6.07) is 4.54. The minimum absolute atomic E-state index is 0.184. The maximum atomic E-state index is 13.7. The van der Waals surface area contributed by atoms with Crippen LogP contribution in [0, 0.1) is 12.8 Å². The van der Waals surface area contributed by atoms with E-state index in [-0.39, 0.29) is 18.4 Å². The SMILES string of the molecule is CC1=CC(C)=NC(=O)C1CNC(=O)c1cc(-c2cnn(CCN3CCOCC3)c2)cc(N(C)C2CCNCC2)c1C. The first-order valence-corrected chi connectivity index (χ1v) is 14.8. The zero-order chi connectivity index (χ0) is 28.9. The Morgan fingerprint density at radius 3 is 2.61 bits per heavy atom. The van der Waals surface area contributed by atoms with Gasteiger partial charge in [0.1, 0.15) is 0 Å². The lowest BCUT2D eigenvalue weighted by Gasteiger charge is -2.35. The van der Waals surface area contributed by atoms with Crippen molar-refractivity contribution < 1.29 is 14.3 Å². The van der Waals surface area contributed by atoms with Gasteiger partial charge in [-0.1, -0.05) is 5.57 Å². The number of carbonyl (C=O) groups is 2. The van der Waals surface area contributed by atoms with Gasteiger partial charge in [-0.15, -0.1) is 0 Å². The molecule has 1 unspecified atom stereocenters. The Hall–Kier alpha value is -3.34. The van der Waals surface area contributed by atoms with E-state index in [2.05, 4.69) is 49.8 Å². The molecule has 1 atom stereocenters. The number of piperidine rings is 1. The zero-order valence-electron chi connectivity index (χ0n) is 24.8. The molecule has 3 aliphatic heterocycles. The molecular formula is C31H43N7O3. The van der Waals surface area contributed by atoms with E-state index in [1.54, 1.807) is 0 Å². The number of allylic oxidation sites excluding steroid dienone is 1. The van der Waals surface area contributed by atoms with Crippen LogP contribution in [0.15, 0.2) is 41.2 Å². The molecule has 220 valence electrons. The van der Waals surface area contributed by atoms with E-state index in [9.17, 15) is 9.59 Å². The summed E-state index contributed by atoms with van der Waals surface area (Å²) in [5.41, 5.74) is 6.16. The normalized spacial score (nSPS) is 20.5. The summed E-state index contributed by atoms with van der Waals surface area (Å²) >= 11 is 0. The van der Waals surface area contributed by atoms with E-state index < -0.39 is 5.92 Å². The van der Waals surface area contributed by atoms with Crippen LogP contribution < -0.4 is 15.5 Å². The molecule has 3 aliphatic rings. The number of nitrogens with one attached hydrogen (secondary N) is 2. The van der Waals surface area contributed by atoms with Crippen LogP contribution in [0.5, 0.6) is 0 Å². The number of nitrogens with zero attached hydrogens (tertiary/aromatic N) is 5. The molecular weight excluding hydrogens is 518 g/mol. The number of benzene rings is 1. The van der Waals surface area contributed by atoms with E-state index in [1.165, 1.54) is 0 Å². The monoisotopic (exact) mass is 561 g/mol. The summed E-state index contributed by atoms with van der Waals surface area (Å²) in [7, 11) is 2.13. The van der Waals surface area contributed by atoms with E-state index >= 15 is 0 Å². The fourth-order valence-corrected chi connectivity index (χ4v) is 6.01. The average molecular weight is 562 g/mol. The van der Waals surface area contributed by atoms with Crippen LogP contribution >= 0.6 is 0 Å². The van der Waals surface area contributed by atoms with Crippen LogP contribution in [-0.4, -0.2) is 97.8 Å². The Balaban J connectivity index is 1.39. The third-order valence-corrected chi connectivity index (χ3v) is 8.61. The van der Waals surface area contributed by atoms with Gasteiger partial charge in [-0.25, -0.2) is 4.99 Å². The Morgan fingerprint density at radius 1 is 1.12 bits per heavy atom. The fraction of sp³-hybridized carbons (Fsp3) is 0.548. The van der Waals surface area contributed by atoms with Crippen molar-refractivity contribution in [3.63, 3.8) is 0 Å². The number of aliphatic imine (C=N–C) groups is 1. The summed E-state index contributed by atoms with van der Waals surface area (Å²) in [5, 5.41) is 11.1. The minimum atomic E-state index is -0.437. The van der Waals surface area contributed by atoms with Gasteiger partial charge in [0, 0.05) is 68.0 Å². The van der Waals surface area contributed by atoms with Gasteiger partial charge in [0.05, 0.1) is 31.9 Å². The molecule has 10 nitrogen and oxygen atoms in total. The number of hydrogen-bond acceptors (Lipinski definition) is 7. The number of aromatic nitrogens is 2. The number of anilines is 1. The number of carbonyl (C=O) groups excluding carboxylic acids is 2. The molecule has 0 bridgehead atoms. The number of dihydropyridines is 1. The molecule has 0 radical (unpaired) electrons. The highest BCUT2D eigenvalue weighted by Gasteiger charge is 2.26. The first-order valence-electron chi connectivity index (χ1n) is 14.8. The molecule has 0 aliphatic carbocycles. The largest absolute Gasteiger partial charge is 0.379 e. The lowest BCUT2D eigenvalue weighted by atomic mass is 9.94. The van der Waals surface area contributed by atoms with Crippen molar-refractivity contribution in [2.45, 2.75) is 46.2 Å². The Kier molecular flexibility index (Phi) is 9.32. The quantitative estimate of drug-likeness (QED) is 0.485. The molecule has 2 N–H and O–H groups in total. The van der Waals surface area contributed by atoms with Gasteiger partial charge in [0.15, 0.2) is 0 Å². The highest BCUT2D eigenvalue weighted by molar-refractivity contribution is 6.06. The van der Waals surface area contributed by atoms with Crippen molar-refractivity contribution in [3.05, 3.63) is 47.3 Å². The van der Waals surface area contributed by atoms with Crippen LogP contribution in [0.3, 0.4) is 0 Å². The zero-order valence-corrected chi connectivity index (χ0v) is 24.8. The van der Waals surface area contributed by atoms with Gasteiger partial charge in [-0.05, 0) is 76.0 Å². The number of rotatable bonds is 9. The molecule has 2 amide bonds. The molecule has 2 saturated heterocycles. The topological polar surface area (TPSA) is 104 Å². The molecule has 5 rings (SSSR count). The Labute approximate surface area is 242 Å². The van der Waals surface area contributed by atoms with Crippen LogP contribution in [0.1, 0.15) is 42.6 Å². The van der Waals surface area contributed by atoms with E-state index in [0.717, 1.165) is 93.3 Å². The first-order chi connectivity index (χ1) is 19.8. The molecule has 10 heteroatoms. The highest BCUT2D eigenvalue weighted by atomic mass is 16.5. The van der Waals surface area contributed by atoms with Crippen molar-refractivity contribution in [1.29, 1.82) is 0 Å². The summed E-state index contributed by atoms with van der Waals surface area (Å²) in [6.07, 6.45) is 7.96. The van der Waals surface area contributed by atoms with Crippen LogP contribution in [-0.2, 0) is 16.1 Å². The lowest BCUT2D eigenvalue weighted by Crippen LogP contribution is -2.41. The van der Waals surface area contributed by atoms with Gasteiger partial charge in [-0.3, -0.25) is 19.2 Å². The maximum Gasteiger partial charge on any atom is 0.254 e. The van der Waals surface area contributed by atoms with Gasteiger partial charge >= 0.3 is 0 Å². The predicted octanol–water partition coefficient (Wildman–Crippen LogP) is 2.67. The van der Waals surface area contributed by atoms with Crippen LogP contribution in [0.25, 0.3) is 11.1 Å². The lowest BCUT2D eigenvalue weighted by molar-refractivity contribution is -0.120. The second kappa shape index (κ2) is 13.1. The maximum absolute atomic E-state index is 13.7. The smallest absolute Gasteiger partial charge is 0.254 e. The van der Waals surface area contributed by atoms with Gasteiger partial charge in [-0.2, -0.15) is 5.10 Å².